The van der Waals surface area contributed by atoms with E-state index >= 15 is 0 Å². The van der Waals surface area contributed by atoms with E-state index in [4.69, 9.17) is 5.11 Å². The number of piperidine rings is 1. The number of nitrogens with zero attached hydrogens (tertiary/aromatic N) is 1. The van der Waals surface area contributed by atoms with Crippen molar-refractivity contribution in [1.82, 2.24) is 4.90 Å². The number of hydrogen-bond acceptors (Lipinski definition) is 2. The fourth-order valence-corrected chi connectivity index (χ4v) is 2.06. The Morgan fingerprint density at radius 1 is 1.40 bits per heavy atom. The van der Waals surface area contributed by atoms with Crippen LogP contribution in [0.25, 0.3) is 0 Å². The Kier molecular flexibility index (Phi) is 3.71. The van der Waals surface area contributed by atoms with E-state index in [0.29, 0.717) is 12.8 Å². The molecule has 1 saturated heterocycles. The highest BCUT2D eigenvalue weighted by atomic mass is 19.1. The van der Waals surface area contributed by atoms with Crippen molar-refractivity contribution in [2.75, 3.05) is 13.1 Å². The molecule has 1 aliphatic rings. The molecule has 1 atom stereocenters. The predicted octanol–water partition coefficient (Wildman–Crippen LogP) is 1.92. The van der Waals surface area contributed by atoms with Gasteiger partial charge >= 0.3 is 5.97 Å². The minimum absolute atomic E-state index is 0.0972. The van der Waals surface area contributed by atoms with Crippen LogP contribution in [-0.4, -0.2) is 40.8 Å². The molecule has 0 bridgehead atoms. The van der Waals surface area contributed by atoms with E-state index in [1.807, 2.05) is 0 Å². The lowest BCUT2D eigenvalue weighted by molar-refractivity contribution is -0.145. The van der Waals surface area contributed by atoms with Gasteiger partial charge in [-0.1, -0.05) is 0 Å². The molecular formula is C11H20FNO2. The Labute approximate surface area is 90.3 Å². The number of aliphatic carboxylic acids is 1. The summed E-state index contributed by atoms with van der Waals surface area (Å²) in [6.45, 7) is 7.95. The molecule has 4 heteroatoms. The first-order chi connectivity index (χ1) is 6.82. The van der Waals surface area contributed by atoms with Crippen molar-refractivity contribution in [2.45, 2.75) is 45.3 Å². The first-order valence-corrected chi connectivity index (χ1v) is 5.44. The fourth-order valence-electron chi connectivity index (χ4n) is 2.06. The zero-order valence-corrected chi connectivity index (χ0v) is 9.66. The van der Waals surface area contributed by atoms with Crippen molar-refractivity contribution in [3.8, 4) is 0 Å². The van der Waals surface area contributed by atoms with Crippen LogP contribution in [-0.2, 0) is 4.79 Å². The highest BCUT2D eigenvalue weighted by molar-refractivity contribution is 5.72. The minimum Gasteiger partial charge on any atom is -0.479 e. The standard InChI is InChI=1S/C11H20FNO2/c1-11(2,3)13-6-4-8(5-7-13)9(12)10(14)15/h8-9H,4-7H2,1-3H3,(H,14,15). The third-order valence-corrected chi connectivity index (χ3v) is 3.14. The molecule has 1 rings (SSSR count). The monoisotopic (exact) mass is 217 g/mol. The molecule has 1 fully saturated rings. The number of carboxylic acid groups (broad SMARTS) is 1. The van der Waals surface area contributed by atoms with Crippen LogP contribution in [0.1, 0.15) is 33.6 Å². The summed E-state index contributed by atoms with van der Waals surface area (Å²) in [5.41, 5.74) is 0.0972. The SMILES string of the molecule is CC(C)(C)N1CCC(C(F)C(=O)O)CC1. The van der Waals surface area contributed by atoms with Gasteiger partial charge in [-0.3, -0.25) is 4.90 Å². The average molecular weight is 217 g/mol. The molecule has 0 amide bonds. The summed E-state index contributed by atoms with van der Waals surface area (Å²) in [6, 6.07) is 0. The maximum Gasteiger partial charge on any atom is 0.338 e. The molecule has 1 unspecified atom stereocenters. The van der Waals surface area contributed by atoms with Gasteiger partial charge in [0.25, 0.3) is 0 Å². The number of rotatable bonds is 2. The smallest absolute Gasteiger partial charge is 0.338 e. The lowest BCUT2D eigenvalue weighted by atomic mass is 9.89. The van der Waals surface area contributed by atoms with Crippen molar-refractivity contribution >= 4 is 5.97 Å². The Bertz CT molecular complexity index is 229. The molecule has 1 heterocycles. The molecule has 1 N–H and O–H groups in total. The molecule has 3 nitrogen and oxygen atoms in total. The van der Waals surface area contributed by atoms with Crippen LogP contribution >= 0.6 is 0 Å². The van der Waals surface area contributed by atoms with Crippen LogP contribution in [0.2, 0.25) is 0 Å². The van der Waals surface area contributed by atoms with E-state index in [0.717, 1.165) is 13.1 Å². The second-order valence-corrected chi connectivity index (χ2v) is 5.24. The van der Waals surface area contributed by atoms with Crippen molar-refractivity contribution in [3.63, 3.8) is 0 Å². The summed E-state index contributed by atoms with van der Waals surface area (Å²) in [6.07, 6.45) is -0.401. The van der Waals surface area contributed by atoms with Gasteiger partial charge in [-0.15, -0.1) is 0 Å². The number of hydrogen-bond donors (Lipinski definition) is 1. The second kappa shape index (κ2) is 4.47. The van der Waals surface area contributed by atoms with E-state index < -0.39 is 12.1 Å². The van der Waals surface area contributed by atoms with Gasteiger partial charge in [0.1, 0.15) is 0 Å². The highest BCUT2D eigenvalue weighted by Crippen LogP contribution is 2.27. The Balaban J connectivity index is 2.46. The van der Waals surface area contributed by atoms with Crippen molar-refractivity contribution in [2.24, 2.45) is 5.92 Å². The Morgan fingerprint density at radius 2 is 1.87 bits per heavy atom. The number of halogens is 1. The third kappa shape index (κ3) is 3.16. The fraction of sp³-hybridized carbons (Fsp3) is 0.909. The molecular weight excluding hydrogens is 197 g/mol. The van der Waals surface area contributed by atoms with Crippen molar-refractivity contribution in [1.29, 1.82) is 0 Å². The zero-order valence-electron chi connectivity index (χ0n) is 9.66. The summed E-state index contributed by atoms with van der Waals surface area (Å²) < 4.78 is 13.2. The van der Waals surface area contributed by atoms with Crippen LogP contribution in [0.3, 0.4) is 0 Å². The summed E-state index contributed by atoms with van der Waals surface area (Å²) in [5.74, 6) is -1.62. The first kappa shape index (κ1) is 12.4. The van der Waals surface area contributed by atoms with E-state index in [9.17, 15) is 9.18 Å². The van der Waals surface area contributed by atoms with Crippen LogP contribution in [0.4, 0.5) is 4.39 Å². The maximum absolute atomic E-state index is 13.2. The number of alkyl halides is 1. The largest absolute Gasteiger partial charge is 0.479 e. The molecule has 0 spiro atoms. The molecule has 0 radical (unpaired) electrons. The van der Waals surface area contributed by atoms with E-state index in [1.54, 1.807) is 0 Å². The predicted molar refractivity (Wildman–Crippen MR) is 56.6 cm³/mol. The van der Waals surface area contributed by atoms with Crippen molar-refractivity contribution in [3.05, 3.63) is 0 Å². The lowest BCUT2D eigenvalue weighted by Crippen LogP contribution is -2.47. The summed E-state index contributed by atoms with van der Waals surface area (Å²) in [7, 11) is 0. The van der Waals surface area contributed by atoms with Crippen LogP contribution in [0.15, 0.2) is 0 Å². The van der Waals surface area contributed by atoms with Crippen LogP contribution in [0.5, 0.6) is 0 Å². The molecule has 88 valence electrons. The van der Waals surface area contributed by atoms with Gasteiger partial charge < -0.3 is 5.11 Å². The topological polar surface area (TPSA) is 40.5 Å². The third-order valence-electron chi connectivity index (χ3n) is 3.14. The van der Waals surface area contributed by atoms with Gasteiger partial charge in [0.15, 0.2) is 6.17 Å². The quantitative estimate of drug-likeness (QED) is 0.768. The highest BCUT2D eigenvalue weighted by Gasteiger charge is 2.33. The Morgan fingerprint density at radius 3 is 2.20 bits per heavy atom. The molecule has 0 aromatic heterocycles. The summed E-state index contributed by atoms with van der Waals surface area (Å²) >= 11 is 0. The summed E-state index contributed by atoms with van der Waals surface area (Å²) in [4.78, 5) is 12.8. The Hall–Kier alpha value is -0.640. The molecule has 15 heavy (non-hydrogen) atoms. The number of likely N-dealkylation sites (tertiary alicyclic amines) is 1. The molecule has 0 aliphatic carbocycles. The lowest BCUT2D eigenvalue weighted by Gasteiger charge is -2.41. The van der Waals surface area contributed by atoms with Gasteiger partial charge in [0.2, 0.25) is 0 Å². The normalized spacial score (nSPS) is 22.7. The maximum atomic E-state index is 13.2. The van der Waals surface area contributed by atoms with Gasteiger partial charge in [-0.05, 0) is 46.7 Å². The molecule has 0 aromatic rings. The molecule has 1 aliphatic heterocycles. The average Bonchev–Trinajstić information content (AvgIpc) is 2.15. The van der Waals surface area contributed by atoms with Gasteiger partial charge in [0, 0.05) is 11.5 Å². The van der Waals surface area contributed by atoms with Gasteiger partial charge in [0.05, 0.1) is 0 Å². The summed E-state index contributed by atoms with van der Waals surface area (Å²) in [5, 5.41) is 8.57. The van der Waals surface area contributed by atoms with Crippen LogP contribution in [0, 0.1) is 5.92 Å². The molecule has 0 aromatic carbocycles. The van der Waals surface area contributed by atoms with E-state index in [1.165, 1.54) is 0 Å². The zero-order chi connectivity index (χ0) is 11.6. The van der Waals surface area contributed by atoms with E-state index in [2.05, 4.69) is 25.7 Å². The number of carboxylic acids is 1. The van der Waals surface area contributed by atoms with Gasteiger partial charge in [-0.25, -0.2) is 9.18 Å². The minimum atomic E-state index is -1.69. The number of carbonyl (C=O) groups is 1. The second-order valence-electron chi connectivity index (χ2n) is 5.24. The van der Waals surface area contributed by atoms with E-state index in [-0.39, 0.29) is 11.5 Å². The van der Waals surface area contributed by atoms with Crippen molar-refractivity contribution < 1.29 is 14.3 Å². The van der Waals surface area contributed by atoms with Gasteiger partial charge in [-0.2, -0.15) is 0 Å². The van der Waals surface area contributed by atoms with Crippen LogP contribution < -0.4 is 0 Å². The molecule has 0 saturated carbocycles. The first-order valence-electron chi connectivity index (χ1n) is 5.44.